The Bertz CT molecular complexity index is 566. The second-order valence-electron chi connectivity index (χ2n) is 5.62. The minimum atomic E-state index is -0.879. The van der Waals surface area contributed by atoms with Crippen LogP contribution in [-0.4, -0.2) is 44.6 Å². The van der Waals surface area contributed by atoms with E-state index in [-0.39, 0.29) is 12.2 Å². The molecule has 0 fully saturated rings. The van der Waals surface area contributed by atoms with Gasteiger partial charge in [0.1, 0.15) is 0 Å². The first-order valence-corrected chi connectivity index (χ1v) is 8.16. The van der Waals surface area contributed by atoms with Crippen LogP contribution in [0.3, 0.4) is 0 Å². The van der Waals surface area contributed by atoms with E-state index in [0.29, 0.717) is 24.0 Å². The predicted molar refractivity (Wildman–Crippen MR) is 99.4 cm³/mol. The number of carboxylic acid groups (broad SMARTS) is 2. The summed E-state index contributed by atoms with van der Waals surface area (Å²) in [4.78, 5) is 20.4. The van der Waals surface area contributed by atoms with E-state index in [0.717, 1.165) is 0 Å². The molecule has 2 rings (SSSR count). The maximum absolute atomic E-state index is 10.2. The summed E-state index contributed by atoms with van der Waals surface area (Å²) in [6.07, 6.45) is 0.837. The van der Waals surface area contributed by atoms with Crippen LogP contribution in [-0.2, 0) is 0 Å². The molecule has 0 aliphatic rings. The largest absolute Gasteiger partial charge is 0.478 e. The highest BCUT2D eigenvalue weighted by Gasteiger charge is 1.98. The molecular weight excluding hydrogens is 336 g/mol. The summed E-state index contributed by atoms with van der Waals surface area (Å²) in [5.41, 5.74) is 0.662. The zero-order chi connectivity index (χ0) is 19.9. The highest BCUT2D eigenvalue weighted by molar-refractivity contribution is 5.87. The molecule has 0 spiro atoms. The van der Waals surface area contributed by atoms with Crippen molar-refractivity contribution in [3.8, 4) is 0 Å². The Labute approximate surface area is 153 Å². The number of aromatic carboxylic acids is 2. The monoisotopic (exact) mass is 362 g/mol. The van der Waals surface area contributed by atoms with Crippen molar-refractivity contribution in [2.24, 2.45) is 0 Å². The van der Waals surface area contributed by atoms with Crippen LogP contribution < -0.4 is 0 Å². The van der Waals surface area contributed by atoms with Crippen molar-refractivity contribution in [2.45, 2.75) is 38.9 Å². The molecule has 0 heterocycles. The molecule has 0 aliphatic carbocycles. The first-order valence-electron chi connectivity index (χ1n) is 8.16. The second kappa shape index (κ2) is 13.6. The lowest BCUT2D eigenvalue weighted by Crippen LogP contribution is -2.06. The van der Waals surface area contributed by atoms with E-state index in [1.165, 1.54) is 0 Å². The van der Waals surface area contributed by atoms with Gasteiger partial charge in [-0.1, -0.05) is 36.4 Å². The summed E-state index contributed by atoms with van der Waals surface area (Å²) in [7, 11) is 0. The van der Waals surface area contributed by atoms with Gasteiger partial charge in [0.05, 0.1) is 23.3 Å². The van der Waals surface area contributed by atoms with E-state index in [2.05, 4.69) is 0 Å². The first kappa shape index (κ1) is 23.3. The van der Waals surface area contributed by atoms with E-state index in [9.17, 15) is 9.59 Å². The van der Waals surface area contributed by atoms with Crippen LogP contribution >= 0.6 is 0 Å². The SMILES string of the molecule is CC(O)CCC(C)O.O=C(O)c1ccccc1.O=C(O)c1ccccc1. The minimum Gasteiger partial charge on any atom is -0.478 e. The summed E-state index contributed by atoms with van der Waals surface area (Å²) in [6.45, 7) is 3.45. The number of hydrogen-bond acceptors (Lipinski definition) is 4. The third-order valence-corrected chi connectivity index (χ3v) is 3.04. The molecule has 2 aromatic carbocycles. The normalized spacial score (nSPS) is 11.7. The van der Waals surface area contributed by atoms with E-state index in [1.54, 1.807) is 74.5 Å². The molecule has 4 N–H and O–H groups in total. The number of carbonyl (C=O) groups is 2. The molecular formula is C20H26O6. The van der Waals surface area contributed by atoms with Gasteiger partial charge in [-0.25, -0.2) is 9.59 Å². The van der Waals surface area contributed by atoms with Gasteiger partial charge in [0, 0.05) is 0 Å². The maximum Gasteiger partial charge on any atom is 0.335 e. The van der Waals surface area contributed by atoms with Crippen molar-refractivity contribution < 1.29 is 30.0 Å². The number of rotatable bonds is 5. The number of aliphatic hydroxyl groups excluding tert-OH is 2. The quantitative estimate of drug-likeness (QED) is 0.649. The Morgan fingerprint density at radius 2 is 0.962 bits per heavy atom. The van der Waals surface area contributed by atoms with Gasteiger partial charge in [0.25, 0.3) is 0 Å². The Morgan fingerprint density at radius 3 is 1.12 bits per heavy atom. The standard InChI is InChI=1S/2C7H6O2.C6H14O2/c2*8-7(9)6-4-2-1-3-5-6;1-5(7)3-4-6(2)8/h2*1-5H,(H,8,9);5-8H,3-4H2,1-2H3. The minimum absolute atomic E-state index is 0.274. The lowest BCUT2D eigenvalue weighted by Gasteiger charge is -2.04. The topological polar surface area (TPSA) is 115 Å². The molecule has 0 saturated heterocycles. The summed E-state index contributed by atoms with van der Waals surface area (Å²) in [6, 6.07) is 16.6. The van der Waals surface area contributed by atoms with Crippen molar-refractivity contribution in [2.75, 3.05) is 0 Å². The molecule has 2 aromatic rings. The molecule has 0 aliphatic heterocycles. The van der Waals surface area contributed by atoms with Crippen molar-refractivity contribution >= 4 is 11.9 Å². The number of hydrogen-bond donors (Lipinski definition) is 4. The third kappa shape index (κ3) is 12.7. The van der Waals surface area contributed by atoms with Crippen LogP contribution in [0.4, 0.5) is 0 Å². The van der Waals surface area contributed by atoms with Crippen molar-refractivity contribution in [1.82, 2.24) is 0 Å². The van der Waals surface area contributed by atoms with Gasteiger partial charge >= 0.3 is 11.9 Å². The van der Waals surface area contributed by atoms with Crippen LogP contribution in [0, 0.1) is 0 Å². The molecule has 26 heavy (non-hydrogen) atoms. The molecule has 6 nitrogen and oxygen atoms in total. The van der Waals surface area contributed by atoms with E-state index >= 15 is 0 Å². The number of benzene rings is 2. The highest BCUT2D eigenvalue weighted by atomic mass is 16.4. The second-order valence-corrected chi connectivity index (χ2v) is 5.62. The zero-order valence-corrected chi connectivity index (χ0v) is 14.9. The molecule has 142 valence electrons. The van der Waals surface area contributed by atoms with Gasteiger partial charge < -0.3 is 20.4 Å². The van der Waals surface area contributed by atoms with E-state index in [1.807, 2.05) is 0 Å². The van der Waals surface area contributed by atoms with Gasteiger partial charge in [0.2, 0.25) is 0 Å². The van der Waals surface area contributed by atoms with Crippen LogP contribution in [0.25, 0.3) is 0 Å². The molecule has 0 saturated carbocycles. The summed E-state index contributed by atoms with van der Waals surface area (Å²) in [5, 5.41) is 34.1. The molecule has 6 heteroatoms. The van der Waals surface area contributed by atoms with Gasteiger partial charge in [-0.2, -0.15) is 0 Å². The van der Waals surface area contributed by atoms with Crippen LogP contribution in [0.1, 0.15) is 47.4 Å². The number of aliphatic hydroxyl groups is 2. The molecule has 0 aromatic heterocycles. The Kier molecular flexibility index (Phi) is 12.2. The summed E-state index contributed by atoms with van der Waals surface area (Å²) in [5.74, 6) is -1.76. The Hall–Kier alpha value is -2.70. The Morgan fingerprint density at radius 1 is 0.692 bits per heavy atom. The first-order chi connectivity index (χ1) is 12.2. The van der Waals surface area contributed by atoms with Crippen molar-refractivity contribution in [3.05, 3.63) is 71.8 Å². The summed E-state index contributed by atoms with van der Waals surface area (Å²) >= 11 is 0. The van der Waals surface area contributed by atoms with Crippen LogP contribution in [0.2, 0.25) is 0 Å². The van der Waals surface area contributed by atoms with Gasteiger partial charge in [-0.3, -0.25) is 0 Å². The molecule has 2 atom stereocenters. The fourth-order valence-electron chi connectivity index (χ4n) is 1.64. The summed E-state index contributed by atoms with van der Waals surface area (Å²) < 4.78 is 0. The van der Waals surface area contributed by atoms with Crippen molar-refractivity contribution in [1.29, 1.82) is 0 Å². The fraction of sp³-hybridized carbons (Fsp3) is 0.300. The smallest absolute Gasteiger partial charge is 0.335 e. The Balaban J connectivity index is 0.000000362. The maximum atomic E-state index is 10.2. The lowest BCUT2D eigenvalue weighted by molar-refractivity contribution is 0.0686. The van der Waals surface area contributed by atoms with E-state index < -0.39 is 11.9 Å². The molecule has 2 unspecified atom stereocenters. The fourth-order valence-corrected chi connectivity index (χ4v) is 1.64. The predicted octanol–water partition coefficient (Wildman–Crippen LogP) is 3.30. The van der Waals surface area contributed by atoms with Crippen molar-refractivity contribution in [3.63, 3.8) is 0 Å². The van der Waals surface area contributed by atoms with Gasteiger partial charge in [-0.15, -0.1) is 0 Å². The average molecular weight is 362 g/mol. The van der Waals surface area contributed by atoms with Crippen LogP contribution in [0.5, 0.6) is 0 Å². The van der Waals surface area contributed by atoms with Gasteiger partial charge in [0.15, 0.2) is 0 Å². The number of carboxylic acids is 2. The average Bonchev–Trinajstić information content (AvgIpc) is 2.62. The highest BCUT2D eigenvalue weighted by Crippen LogP contribution is 1.99. The lowest BCUT2D eigenvalue weighted by atomic mass is 10.1. The molecule has 0 amide bonds. The van der Waals surface area contributed by atoms with E-state index in [4.69, 9.17) is 20.4 Å². The van der Waals surface area contributed by atoms with Gasteiger partial charge in [-0.05, 0) is 51.0 Å². The van der Waals surface area contributed by atoms with Crippen LogP contribution in [0.15, 0.2) is 60.7 Å². The third-order valence-electron chi connectivity index (χ3n) is 3.04. The zero-order valence-electron chi connectivity index (χ0n) is 14.9. The molecule has 0 bridgehead atoms. The molecule has 0 radical (unpaired) electrons.